The Morgan fingerprint density at radius 3 is 2.75 bits per heavy atom. The molecule has 1 fully saturated rings. The van der Waals surface area contributed by atoms with Crippen LogP contribution in [0.3, 0.4) is 0 Å². The van der Waals surface area contributed by atoms with Crippen LogP contribution in [0, 0.1) is 0 Å². The molecule has 2 rings (SSSR count). The van der Waals surface area contributed by atoms with Gasteiger partial charge >= 0.3 is 0 Å². The Morgan fingerprint density at radius 1 is 1.42 bits per heavy atom. The lowest BCUT2D eigenvalue weighted by Crippen LogP contribution is -2.22. The molecule has 2 nitrogen and oxygen atoms in total. The van der Waals surface area contributed by atoms with Gasteiger partial charge in [0.15, 0.2) is 5.15 Å². The zero-order valence-corrected chi connectivity index (χ0v) is 7.89. The topological polar surface area (TPSA) is 25.8 Å². The van der Waals surface area contributed by atoms with Gasteiger partial charge in [0.05, 0.1) is 0 Å². The Bertz CT molecular complexity index is 284. The van der Waals surface area contributed by atoms with Gasteiger partial charge in [0, 0.05) is 11.6 Å². The number of aromatic nitrogens is 2. The highest BCUT2D eigenvalue weighted by Crippen LogP contribution is 2.41. The van der Waals surface area contributed by atoms with Gasteiger partial charge in [-0.3, -0.25) is 0 Å². The standard InChI is InChI=1S/C8H8Cl2N2/c9-6-3-5(4-6)7-1-2-11-12-8(7)10/h1-2,5-6H,3-4H2. The number of halogens is 2. The van der Waals surface area contributed by atoms with Crippen molar-refractivity contribution >= 4 is 23.2 Å². The van der Waals surface area contributed by atoms with E-state index in [-0.39, 0.29) is 0 Å². The molecular weight excluding hydrogens is 195 g/mol. The van der Waals surface area contributed by atoms with Crippen molar-refractivity contribution in [3.05, 3.63) is 23.0 Å². The fourth-order valence-electron chi connectivity index (χ4n) is 1.43. The third-order valence-corrected chi connectivity index (χ3v) is 2.88. The van der Waals surface area contributed by atoms with E-state index in [0.717, 1.165) is 18.4 Å². The van der Waals surface area contributed by atoms with Crippen LogP contribution in [0.25, 0.3) is 0 Å². The fourth-order valence-corrected chi connectivity index (χ4v) is 2.12. The van der Waals surface area contributed by atoms with Gasteiger partial charge in [0.25, 0.3) is 0 Å². The van der Waals surface area contributed by atoms with E-state index in [9.17, 15) is 0 Å². The number of hydrogen-bond donors (Lipinski definition) is 0. The van der Waals surface area contributed by atoms with E-state index in [0.29, 0.717) is 16.4 Å². The van der Waals surface area contributed by atoms with Crippen LogP contribution in [-0.4, -0.2) is 15.6 Å². The maximum absolute atomic E-state index is 5.87. The molecule has 1 aromatic heterocycles. The van der Waals surface area contributed by atoms with Crippen molar-refractivity contribution in [3.63, 3.8) is 0 Å². The first-order valence-corrected chi connectivity index (χ1v) is 4.70. The second kappa shape index (κ2) is 3.19. The number of nitrogens with zero attached hydrogens (tertiary/aromatic N) is 2. The minimum absolute atomic E-state index is 0.319. The molecule has 0 amide bonds. The highest BCUT2D eigenvalue weighted by atomic mass is 35.5. The minimum Gasteiger partial charge on any atom is -0.158 e. The number of rotatable bonds is 1. The Kier molecular flexibility index (Phi) is 2.20. The lowest BCUT2D eigenvalue weighted by Gasteiger charge is -2.31. The molecule has 4 heteroatoms. The first kappa shape index (κ1) is 8.27. The monoisotopic (exact) mass is 202 g/mol. The Morgan fingerprint density at radius 2 is 2.17 bits per heavy atom. The van der Waals surface area contributed by atoms with E-state index in [2.05, 4.69) is 10.2 Å². The van der Waals surface area contributed by atoms with Gasteiger partial charge in [-0.1, -0.05) is 11.6 Å². The SMILES string of the molecule is Clc1nnccc1C1CC(Cl)C1. The Hall–Kier alpha value is -0.340. The van der Waals surface area contributed by atoms with Gasteiger partial charge in [-0.05, 0) is 30.4 Å². The molecule has 1 heterocycles. The highest BCUT2D eigenvalue weighted by molar-refractivity contribution is 6.30. The average Bonchev–Trinajstić information content (AvgIpc) is 2.01. The van der Waals surface area contributed by atoms with Crippen LogP contribution >= 0.6 is 23.2 Å². The van der Waals surface area contributed by atoms with Crippen molar-refractivity contribution in [2.45, 2.75) is 24.1 Å². The van der Waals surface area contributed by atoms with Crippen LogP contribution in [0.5, 0.6) is 0 Å². The van der Waals surface area contributed by atoms with Crippen molar-refractivity contribution < 1.29 is 0 Å². The van der Waals surface area contributed by atoms with Gasteiger partial charge in [0.2, 0.25) is 0 Å². The van der Waals surface area contributed by atoms with E-state index >= 15 is 0 Å². The number of alkyl halides is 1. The first-order valence-electron chi connectivity index (χ1n) is 3.88. The minimum atomic E-state index is 0.319. The zero-order valence-electron chi connectivity index (χ0n) is 6.37. The molecule has 12 heavy (non-hydrogen) atoms. The molecule has 0 N–H and O–H groups in total. The van der Waals surface area contributed by atoms with Gasteiger partial charge in [0.1, 0.15) is 0 Å². The fraction of sp³-hybridized carbons (Fsp3) is 0.500. The van der Waals surface area contributed by atoms with E-state index in [1.54, 1.807) is 6.20 Å². The van der Waals surface area contributed by atoms with E-state index in [1.165, 1.54) is 0 Å². The summed E-state index contributed by atoms with van der Waals surface area (Å²) in [6, 6.07) is 1.92. The molecule has 1 aliphatic carbocycles. The molecule has 1 saturated carbocycles. The summed E-state index contributed by atoms with van der Waals surface area (Å²) in [6.07, 6.45) is 3.68. The summed E-state index contributed by atoms with van der Waals surface area (Å²) in [4.78, 5) is 0. The molecule has 0 bridgehead atoms. The molecule has 0 aromatic carbocycles. The van der Waals surface area contributed by atoms with Crippen molar-refractivity contribution in [3.8, 4) is 0 Å². The Balaban J connectivity index is 2.18. The van der Waals surface area contributed by atoms with Crippen LogP contribution in [0.4, 0.5) is 0 Å². The van der Waals surface area contributed by atoms with Crippen LogP contribution < -0.4 is 0 Å². The molecule has 1 aromatic rings. The molecule has 64 valence electrons. The molecule has 0 spiro atoms. The molecule has 0 unspecified atom stereocenters. The van der Waals surface area contributed by atoms with Crippen molar-refractivity contribution in [2.24, 2.45) is 0 Å². The van der Waals surface area contributed by atoms with Crippen molar-refractivity contribution in [1.82, 2.24) is 10.2 Å². The lowest BCUT2D eigenvalue weighted by atomic mass is 9.80. The smallest absolute Gasteiger partial charge is 0.155 e. The second-order valence-corrected chi connectivity index (χ2v) is 4.02. The van der Waals surface area contributed by atoms with E-state index in [4.69, 9.17) is 23.2 Å². The average molecular weight is 203 g/mol. The normalized spacial score (nSPS) is 28.2. The third-order valence-electron chi connectivity index (χ3n) is 2.22. The molecule has 0 radical (unpaired) electrons. The number of hydrogen-bond acceptors (Lipinski definition) is 2. The van der Waals surface area contributed by atoms with Crippen LogP contribution in [0.1, 0.15) is 24.3 Å². The van der Waals surface area contributed by atoms with Crippen molar-refractivity contribution in [2.75, 3.05) is 0 Å². The quantitative estimate of drug-likeness (QED) is 0.655. The molecular formula is C8H8Cl2N2. The predicted molar refractivity (Wildman–Crippen MR) is 48.7 cm³/mol. The summed E-state index contributed by atoms with van der Waals surface area (Å²) in [5.41, 5.74) is 1.09. The lowest BCUT2D eigenvalue weighted by molar-refractivity contribution is 0.427. The second-order valence-electron chi connectivity index (χ2n) is 3.04. The summed E-state index contributed by atoms with van der Waals surface area (Å²) in [6.45, 7) is 0. The van der Waals surface area contributed by atoms with Gasteiger partial charge in [-0.2, -0.15) is 5.10 Å². The maximum atomic E-state index is 5.87. The van der Waals surface area contributed by atoms with Crippen LogP contribution in [0.15, 0.2) is 12.3 Å². The Labute approximate surface area is 80.9 Å². The summed E-state index contributed by atoms with van der Waals surface area (Å²) < 4.78 is 0. The summed E-state index contributed by atoms with van der Waals surface area (Å²) in [5.74, 6) is 0.496. The first-order chi connectivity index (χ1) is 5.77. The van der Waals surface area contributed by atoms with Gasteiger partial charge in [-0.25, -0.2) is 0 Å². The summed E-state index contributed by atoms with van der Waals surface area (Å²) in [7, 11) is 0. The summed E-state index contributed by atoms with van der Waals surface area (Å²) in [5, 5.41) is 8.31. The highest BCUT2D eigenvalue weighted by Gasteiger charge is 2.30. The molecule has 0 saturated heterocycles. The van der Waals surface area contributed by atoms with Crippen LogP contribution in [0.2, 0.25) is 5.15 Å². The van der Waals surface area contributed by atoms with E-state index in [1.807, 2.05) is 6.07 Å². The van der Waals surface area contributed by atoms with E-state index < -0.39 is 0 Å². The van der Waals surface area contributed by atoms with Crippen molar-refractivity contribution in [1.29, 1.82) is 0 Å². The molecule has 0 atom stereocenters. The zero-order chi connectivity index (χ0) is 8.55. The summed E-state index contributed by atoms with van der Waals surface area (Å²) >= 11 is 11.7. The maximum Gasteiger partial charge on any atom is 0.155 e. The van der Waals surface area contributed by atoms with Crippen LogP contribution in [-0.2, 0) is 0 Å². The van der Waals surface area contributed by atoms with Gasteiger partial charge in [-0.15, -0.1) is 16.7 Å². The largest absolute Gasteiger partial charge is 0.158 e. The molecule has 0 aliphatic heterocycles. The predicted octanol–water partition coefficient (Wildman–Crippen LogP) is 2.61. The third kappa shape index (κ3) is 1.41. The molecule has 1 aliphatic rings. The van der Waals surface area contributed by atoms with Gasteiger partial charge < -0.3 is 0 Å².